The highest BCUT2D eigenvalue weighted by molar-refractivity contribution is 5.91. The van der Waals surface area contributed by atoms with Gasteiger partial charge in [-0.3, -0.25) is 0 Å². The van der Waals surface area contributed by atoms with Crippen molar-refractivity contribution < 1.29 is 27.8 Å². The average molecular weight is 316 g/mol. The van der Waals surface area contributed by atoms with Crippen molar-refractivity contribution >= 4 is 5.97 Å². The molecule has 122 valence electrons. The first-order valence-electron chi connectivity index (χ1n) is 7.36. The van der Waals surface area contributed by atoms with Crippen LogP contribution in [-0.4, -0.2) is 23.6 Å². The van der Waals surface area contributed by atoms with Gasteiger partial charge in [-0.25, -0.2) is 18.0 Å². The molecule has 22 heavy (non-hydrogen) atoms. The number of hydrogen-bond donors (Lipinski definition) is 1. The molecule has 1 saturated carbocycles. The maximum Gasteiger partial charge on any atom is 0.336 e. The van der Waals surface area contributed by atoms with Crippen LogP contribution in [0.3, 0.4) is 0 Å². The number of rotatable bonds is 5. The number of aromatic carboxylic acids is 1. The quantitative estimate of drug-likeness (QED) is 0.878. The van der Waals surface area contributed by atoms with Crippen LogP contribution in [0.25, 0.3) is 0 Å². The number of carboxylic acid groups (broad SMARTS) is 1. The first-order chi connectivity index (χ1) is 10.4. The van der Waals surface area contributed by atoms with E-state index in [9.17, 15) is 23.1 Å². The van der Waals surface area contributed by atoms with E-state index >= 15 is 0 Å². The van der Waals surface area contributed by atoms with Crippen molar-refractivity contribution in [2.75, 3.05) is 6.61 Å². The molecule has 0 spiro atoms. The van der Waals surface area contributed by atoms with E-state index in [1.807, 2.05) is 0 Å². The highest BCUT2D eigenvalue weighted by Gasteiger charge is 2.37. The number of halogens is 3. The van der Waals surface area contributed by atoms with Gasteiger partial charge in [-0.05, 0) is 37.3 Å². The van der Waals surface area contributed by atoms with E-state index in [-0.39, 0.29) is 49.3 Å². The average Bonchev–Trinajstić information content (AvgIpc) is 2.46. The zero-order valence-corrected chi connectivity index (χ0v) is 12.4. The first kappa shape index (κ1) is 16.8. The normalized spacial score (nSPS) is 18.4. The summed E-state index contributed by atoms with van der Waals surface area (Å²) in [6, 6.07) is 2.60. The van der Waals surface area contributed by atoms with E-state index < -0.39 is 17.7 Å². The smallest absolute Gasteiger partial charge is 0.336 e. The van der Waals surface area contributed by atoms with Crippen molar-refractivity contribution in [3.05, 3.63) is 34.6 Å². The summed E-state index contributed by atoms with van der Waals surface area (Å²) >= 11 is 0. The molecule has 0 amide bonds. The second-order valence-corrected chi connectivity index (χ2v) is 5.56. The summed E-state index contributed by atoms with van der Waals surface area (Å²) in [6.07, 6.45) is -0.135. The third kappa shape index (κ3) is 3.61. The largest absolute Gasteiger partial charge is 0.478 e. The fourth-order valence-electron chi connectivity index (χ4n) is 2.93. The lowest BCUT2D eigenvalue weighted by Gasteiger charge is -2.29. The van der Waals surface area contributed by atoms with Crippen molar-refractivity contribution in [1.29, 1.82) is 0 Å². The number of carbonyl (C=O) groups is 1. The van der Waals surface area contributed by atoms with E-state index in [1.165, 1.54) is 12.1 Å². The van der Waals surface area contributed by atoms with Crippen LogP contribution in [0.4, 0.5) is 13.2 Å². The van der Waals surface area contributed by atoms with Gasteiger partial charge >= 0.3 is 5.97 Å². The molecule has 1 aromatic rings. The highest BCUT2D eigenvalue weighted by Crippen LogP contribution is 2.42. The predicted molar refractivity (Wildman–Crippen MR) is 74.8 cm³/mol. The monoisotopic (exact) mass is 316 g/mol. The van der Waals surface area contributed by atoms with E-state index in [2.05, 4.69) is 0 Å². The van der Waals surface area contributed by atoms with Gasteiger partial charge in [-0.15, -0.1) is 0 Å². The topological polar surface area (TPSA) is 46.5 Å². The van der Waals surface area contributed by atoms with Crippen LogP contribution < -0.4 is 0 Å². The summed E-state index contributed by atoms with van der Waals surface area (Å²) < 4.78 is 45.6. The molecule has 2 rings (SSSR count). The predicted octanol–water partition coefficient (Wildman–Crippen LogP) is 4.35. The van der Waals surface area contributed by atoms with Crippen molar-refractivity contribution in [3.8, 4) is 0 Å². The molecule has 1 aromatic carbocycles. The van der Waals surface area contributed by atoms with Crippen LogP contribution in [-0.2, 0) is 11.3 Å². The van der Waals surface area contributed by atoms with Crippen LogP contribution in [0, 0.1) is 5.82 Å². The van der Waals surface area contributed by atoms with Crippen LogP contribution in [0.2, 0.25) is 0 Å². The Balaban J connectivity index is 2.37. The molecule has 3 nitrogen and oxygen atoms in total. The van der Waals surface area contributed by atoms with Crippen molar-refractivity contribution in [1.82, 2.24) is 0 Å². The third-order valence-corrected chi connectivity index (χ3v) is 4.11. The number of ether oxygens (including phenoxy) is 1. The summed E-state index contributed by atoms with van der Waals surface area (Å²) in [6.45, 7) is 1.92. The molecule has 1 fully saturated rings. The van der Waals surface area contributed by atoms with E-state index in [0.29, 0.717) is 12.2 Å². The molecule has 0 aliphatic heterocycles. The molecule has 0 radical (unpaired) electrons. The van der Waals surface area contributed by atoms with Crippen LogP contribution in [0.1, 0.15) is 60.0 Å². The summed E-state index contributed by atoms with van der Waals surface area (Å²) in [4.78, 5) is 11.6. The Hall–Kier alpha value is -1.56. The lowest BCUT2D eigenvalue weighted by atomic mass is 9.79. The molecular formula is C16H19F3O3. The molecule has 0 atom stereocenters. The van der Waals surface area contributed by atoms with Gasteiger partial charge in [0.1, 0.15) is 5.82 Å². The number of benzene rings is 1. The van der Waals surface area contributed by atoms with Crippen LogP contribution in [0.15, 0.2) is 12.1 Å². The molecule has 1 aliphatic rings. The summed E-state index contributed by atoms with van der Waals surface area (Å²) in [5.74, 6) is -4.86. The fraction of sp³-hybridized carbons (Fsp3) is 0.562. The van der Waals surface area contributed by atoms with Gasteiger partial charge < -0.3 is 9.84 Å². The van der Waals surface area contributed by atoms with Gasteiger partial charge in [-0.1, -0.05) is 6.07 Å². The summed E-state index contributed by atoms with van der Waals surface area (Å²) in [5, 5.41) is 9.43. The van der Waals surface area contributed by atoms with Gasteiger partial charge in [0.05, 0.1) is 12.2 Å². The van der Waals surface area contributed by atoms with E-state index in [1.54, 1.807) is 6.92 Å². The summed E-state index contributed by atoms with van der Waals surface area (Å²) in [7, 11) is 0. The molecule has 0 bridgehead atoms. The Kier molecular flexibility index (Phi) is 5.11. The maximum absolute atomic E-state index is 13.9. The Morgan fingerprint density at radius 3 is 2.55 bits per heavy atom. The van der Waals surface area contributed by atoms with Gasteiger partial charge in [0.15, 0.2) is 0 Å². The van der Waals surface area contributed by atoms with E-state index in [0.717, 1.165) is 0 Å². The fourth-order valence-corrected chi connectivity index (χ4v) is 2.93. The second kappa shape index (κ2) is 6.69. The second-order valence-electron chi connectivity index (χ2n) is 5.56. The Bertz CT molecular complexity index is 548. The van der Waals surface area contributed by atoms with Crippen LogP contribution in [0.5, 0.6) is 0 Å². The minimum absolute atomic E-state index is 0.0100. The van der Waals surface area contributed by atoms with Crippen molar-refractivity contribution in [2.45, 2.75) is 51.1 Å². The summed E-state index contributed by atoms with van der Waals surface area (Å²) in [5.41, 5.74) is 0.284. The van der Waals surface area contributed by atoms with Gasteiger partial charge in [0, 0.05) is 25.0 Å². The highest BCUT2D eigenvalue weighted by atomic mass is 19.3. The molecular weight excluding hydrogens is 297 g/mol. The van der Waals surface area contributed by atoms with Gasteiger partial charge in [0.2, 0.25) is 5.92 Å². The lowest BCUT2D eigenvalue weighted by molar-refractivity contribution is -0.0382. The molecule has 0 aromatic heterocycles. The standard InChI is InChI=1S/C16H19F3O3/c1-2-22-9-12-13(17)4-3-11(14(12)15(20)21)10-5-7-16(18,19)8-6-10/h3-4,10H,2,5-9H2,1H3,(H,20,21). The molecule has 0 saturated heterocycles. The Morgan fingerprint density at radius 2 is 2.00 bits per heavy atom. The minimum Gasteiger partial charge on any atom is -0.478 e. The number of alkyl halides is 2. The molecule has 0 heterocycles. The first-order valence-corrected chi connectivity index (χ1v) is 7.36. The molecule has 1 aliphatic carbocycles. The van der Waals surface area contributed by atoms with Gasteiger partial charge in [-0.2, -0.15) is 0 Å². The van der Waals surface area contributed by atoms with Crippen molar-refractivity contribution in [3.63, 3.8) is 0 Å². The lowest BCUT2D eigenvalue weighted by Crippen LogP contribution is -2.25. The Morgan fingerprint density at radius 1 is 1.36 bits per heavy atom. The third-order valence-electron chi connectivity index (χ3n) is 4.11. The molecule has 0 unspecified atom stereocenters. The van der Waals surface area contributed by atoms with Crippen LogP contribution >= 0.6 is 0 Å². The SMILES string of the molecule is CCOCc1c(F)ccc(C2CCC(F)(F)CC2)c1C(=O)O. The zero-order valence-electron chi connectivity index (χ0n) is 12.4. The zero-order chi connectivity index (χ0) is 16.3. The number of carboxylic acids is 1. The minimum atomic E-state index is -2.69. The molecule has 6 heteroatoms. The maximum atomic E-state index is 13.9. The van der Waals surface area contributed by atoms with E-state index in [4.69, 9.17) is 4.74 Å². The van der Waals surface area contributed by atoms with Crippen molar-refractivity contribution in [2.24, 2.45) is 0 Å². The number of hydrogen-bond acceptors (Lipinski definition) is 2. The molecule has 1 N–H and O–H groups in total. The van der Waals surface area contributed by atoms with Gasteiger partial charge in [0.25, 0.3) is 0 Å². The Labute approximate surface area is 127 Å².